The zero-order valence-corrected chi connectivity index (χ0v) is 7.98. The monoisotopic (exact) mass is 163 g/mol. The van der Waals surface area contributed by atoms with Crippen molar-refractivity contribution in [1.29, 1.82) is 0 Å². The predicted octanol–water partition coefficient (Wildman–Crippen LogP) is 3.40. The van der Waals surface area contributed by atoms with Crippen LogP contribution in [0, 0.1) is 13.8 Å². The Hall–Kier alpha value is -0.980. The smallest absolute Gasteiger partial charge is 0.182 e. The van der Waals surface area contributed by atoms with E-state index < -0.39 is 0 Å². The largest absolute Gasteiger partial charge is 0.290 e. The lowest BCUT2D eigenvalue weighted by molar-refractivity contribution is 0.349. The van der Waals surface area contributed by atoms with E-state index in [4.69, 9.17) is 0 Å². The lowest BCUT2D eigenvalue weighted by Gasteiger charge is -2.07. The zero-order chi connectivity index (χ0) is 9.14. The van der Waals surface area contributed by atoms with Crippen LogP contribution in [-0.2, 0) is 11.5 Å². The number of rotatable bonds is 2. The summed E-state index contributed by atoms with van der Waals surface area (Å²) in [7, 11) is 0. The normalized spacial score (nSPS) is 10.2. The molecule has 0 aliphatic carbocycles. The summed E-state index contributed by atoms with van der Waals surface area (Å²) in [6, 6.07) is 3.57. The Labute approximate surface area is 74.1 Å². The van der Waals surface area contributed by atoms with E-state index in [0.717, 1.165) is 18.4 Å². The Morgan fingerprint density at radius 3 is 2.50 bits per heavy atom. The second-order valence-electron chi connectivity index (χ2n) is 3.23. The third-order valence-electron chi connectivity index (χ3n) is 2.33. The van der Waals surface area contributed by atoms with Crippen LogP contribution in [0.2, 0.25) is 0 Å². The van der Waals surface area contributed by atoms with E-state index in [1.165, 1.54) is 11.1 Å². The molecule has 0 aliphatic rings. The van der Waals surface area contributed by atoms with Gasteiger partial charge in [-0.2, -0.15) is 0 Å². The lowest BCUT2D eigenvalue weighted by atomic mass is 9.99. The van der Waals surface area contributed by atoms with Crippen molar-refractivity contribution >= 4 is 0 Å². The molecular weight excluding hydrogens is 148 g/mol. The van der Waals surface area contributed by atoms with E-state index >= 15 is 0 Å². The highest BCUT2D eigenvalue weighted by Gasteiger charge is 2.06. The van der Waals surface area contributed by atoms with Gasteiger partial charge in [0.15, 0.2) is 5.75 Å². The van der Waals surface area contributed by atoms with Gasteiger partial charge < -0.3 is 0 Å². The van der Waals surface area contributed by atoms with Gasteiger partial charge >= 0.3 is 0 Å². The van der Waals surface area contributed by atoms with Gasteiger partial charge in [-0.25, -0.2) is 0 Å². The lowest BCUT2D eigenvalue weighted by Crippen LogP contribution is -1.91. The van der Waals surface area contributed by atoms with Crippen LogP contribution >= 0.6 is 0 Å². The van der Waals surface area contributed by atoms with E-state index in [1.54, 1.807) is 6.07 Å². The topological polar surface area (TPSA) is 19.9 Å². The van der Waals surface area contributed by atoms with Gasteiger partial charge in [0.25, 0.3) is 0 Å². The maximum Gasteiger partial charge on any atom is 0.182 e. The van der Waals surface area contributed by atoms with Gasteiger partial charge in [-0.1, -0.05) is 19.4 Å². The molecule has 12 heavy (non-hydrogen) atoms. The summed E-state index contributed by atoms with van der Waals surface area (Å²) in [5.41, 5.74) is 3.39. The predicted molar refractivity (Wildman–Crippen MR) is 50.0 cm³/mol. The highest BCUT2D eigenvalue weighted by atomic mass is 16.3. The Morgan fingerprint density at radius 2 is 1.92 bits per heavy atom. The molecule has 1 aromatic rings. The molecule has 0 amide bonds. The average molecular weight is 163 g/mol. The van der Waals surface area contributed by atoms with Crippen LogP contribution < -0.4 is 0 Å². The first-order chi connectivity index (χ1) is 5.66. The Morgan fingerprint density at radius 1 is 1.25 bits per heavy atom. The molecule has 0 N–H and O–H groups in total. The van der Waals surface area contributed by atoms with Crippen molar-refractivity contribution in [2.75, 3.05) is 0 Å². The number of aryl methyl sites for hydroxylation is 1. The third-order valence-corrected chi connectivity index (χ3v) is 2.33. The summed E-state index contributed by atoms with van der Waals surface area (Å²) >= 11 is 0. The molecule has 0 atom stereocenters. The van der Waals surface area contributed by atoms with Crippen LogP contribution in [0.15, 0.2) is 12.1 Å². The SMILES string of the molecule is CCCc1c([O])ccc(C)c1C. The summed E-state index contributed by atoms with van der Waals surface area (Å²) in [5.74, 6) is 0.194. The molecule has 0 heterocycles. The first-order valence-electron chi connectivity index (χ1n) is 4.43. The summed E-state index contributed by atoms with van der Waals surface area (Å²) in [5, 5.41) is 11.4. The molecule has 65 valence electrons. The maximum absolute atomic E-state index is 11.4. The van der Waals surface area contributed by atoms with Crippen molar-refractivity contribution in [3.05, 3.63) is 28.8 Å². The molecule has 0 aliphatic heterocycles. The second kappa shape index (κ2) is 3.61. The molecule has 1 heteroatoms. The summed E-state index contributed by atoms with van der Waals surface area (Å²) in [4.78, 5) is 0. The second-order valence-corrected chi connectivity index (χ2v) is 3.23. The van der Waals surface area contributed by atoms with Crippen molar-refractivity contribution in [3.63, 3.8) is 0 Å². The third kappa shape index (κ3) is 1.60. The fraction of sp³-hybridized carbons (Fsp3) is 0.455. The van der Waals surface area contributed by atoms with Gasteiger partial charge in [-0.05, 0) is 37.5 Å². The van der Waals surface area contributed by atoms with Gasteiger partial charge in [0.1, 0.15) is 0 Å². The molecule has 1 nitrogen and oxygen atoms in total. The van der Waals surface area contributed by atoms with E-state index in [-0.39, 0.29) is 5.75 Å². The van der Waals surface area contributed by atoms with Gasteiger partial charge in [0.05, 0.1) is 0 Å². The van der Waals surface area contributed by atoms with Crippen LogP contribution in [0.4, 0.5) is 0 Å². The van der Waals surface area contributed by atoms with Gasteiger partial charge in [-0.3, -0.25) is 5.11 Å². The zero-order valence-electron chi connectivity index (χ0n) is 7.98. The van der Waals surface area contributed by atoms with Crippen LogP contribution in [0.5, 0.6) is 5.75 Å². The minimum absolute atomic E-state index is 0.194. The molecule has 0 saturated heterocycles. The number of hydrogen-bond donors (Lipinski definition) is 0. The molecule has 0 spiro atoms. The van der Waals surface area contributed by atoms with Crippen molar-refractivity contribution in [3.8, 4) is 5.75 Å². The molecule has 0 unspecified atom stereocenters. The first kappa shape index (κ1) is 9.11. The van der Waals surface area contributed by atoms with E-state index in [9.17, 15) is 5.11 Å². The van der Waals surface area contributed by atoms with Gasteiger partial charge in [0.2, 0.25) is 0 Å². The quantitative estimate of drug-likeness (QED) is 0.636. The Kier molecular flexibility index (Phi) is 2.74. The molecule has 1 aromatic carbocycles. The Balaban J connectivity index is 3.14. The highest BCUT2D eigenvalue weighted by Crippen LogP contribution is 2.25. The van der Waals surface area contributed by atoms with Crippen molar-refractivity contribution in [2.45, 2.75) is 33.6 Å². The molecule has 0 bridgehead atoms. The van der Waals surface area contributed by atoms with Crippen molar-refractivity contribution in [1.82, 2.24) is 0 Å². The van der Waals surface area contributed by atoms with Crippen molar-refractivity contribution < 1.29 is 5.11 Å². The highest BCUT2D eigenvalue weighted by molar-refractivity contribution is 5.42. The molecular formula is C11H15O. The maximum atomic E-state index is 11.4. The number of hydrogen-bond acceptors (Lipinski definition) is 0. The molecule has 0 aromatic heterocycles. The fourth-order valence-corrected chi connectivity index (χ4v) is 1.41. The molecule has 0 fully saturated rings. The first-order valence-corrected chi connectivity index (χ1v) is 4.43. The molecule has 1 radical (unpaired) electrons. The number of benzene rings is 1. The van der Waals surface area contributed by atoms with E-state index in [2.05, 4.69) is 6.92 Å². The van der Waals surface area contributed by atoms with E-state index in [0.29, 0.717) is 0 Å². The fourth-order valence-electron chi connectivity index (χ4n) is 1.41. The van der Waals surface area contributed by atoms with Crippen LogP contribution in [-0.4, -0.2) is 0 Å². The summed E-state index contributed by atoms with van der Waals surface area (Å²) in [6.07, 6.45) is 1.95. The average Bonchev–Trinajstić information content (AvgIpc) is 2.06. The molecule has 0 saturated carbocycles. The minimum Gasteiger partial charge on any atom is -0.290 e. The van der Waals surface area contributed by atoms with Crippen LogP contribution in [0.3, 0.4) is 0 Å². The Bertz CT molecular complexity index is 277. The minimum atomic E-state index is 0.194. The van der Waals surface area contributed by atoms with Gasteiger partial charge in [0, 0.05) is 5.56 Å². The summed E-state index contributed by atoms with van der Waals surface area (Å²) in [6.45, 7) is 6.18. The van der Waals surface area contributed by atoms with Gasteiger partial charge in [-0.15, -0.1) is 0 Å². The van der Waals surface area contributed by atoms with E-state index in [1.807, 2.05) is 19.9 Å². The summed E-state index contributed by atoms with van der Waals surface area (Å²) < 4.78 is 0. The molecule has 1 rings (SSSR count). The standard InChI is InChI=1S/C11H15O/c1-4-5-10-9(3)8(2)6-7-11(10)12/h6-7H,4-5H2,1-3H3. The van der Waals surface area contributed by atoms with Crippen LogP contribution in [0.1, 0.15) is 30.0 Å². The van der Waals surface area contributed by atoms with Crippen molar-refractivity contribution in [2.24, 2.45) is 0 Å². The van der Waals surface area contributed by atoms with Crippen LogP contribution in [0.25, 0.3) is 0 Å².